The maximum atomic E-state index is 12.4. The minimum absolute atomic E-state index is 0.297. The fraction of sp³-hybridized carbons (Fsp3) is 0.667. The number of Topliss-reactive ketones (excluding diaryl/α,β-unsaturated/α-hetero) is 1. The first-order valence-corrected chi connectivity index (χ1v) is 9.63. The van der Waals surface area contributed by atoms with Gasteiger partial charge >= 0.3 is 0 Å². The van der Waals surface area contributed by atoms with E-state index in [1.807, 2.05) is 32.0 Å². The predicted molar refractivity (Wildman–Crippen MR) is 101 cm³/mol. The smallest absolute Gasteiger partial charge is 0.158 e. The van der Waals surface area contributed by atoms with Crippen LogP contribution in [0.4, 0.5) is 0 Å². The molecule has 1 aliphatic carbocycles. The zero-order valence-corrected chi connectivity index (χ0v) is 15.9. The van der Waals surface area contributed by atoms with Gasteiger partial charge in [-0.1, -0.05) is 64.4 Å². The number of ether oxygens (including phenoxy) is 1. The SMILES string of the molecule is CC.CCC.O=C(C1CC1)C1(COCc2ccccc2)CCCN1. The number of ketones is 1. The summed E-state index contributed by atoms with van der Waals surface area (Å²) in [6.07, 6.45) is 5.40. The Labute approximate surface area is 148 Å². The van der Waals surface area contributed by atoms with E-state index in [0.29, 0.717) is 24.9 Å². The lowest BCUT2D eigenvalue weighted by atomic mass is 9.90. The second kappa shape index (κ2) is 11.4. The van der Waals surface area contributed by atoms with Gasteiger partial charge in [-0.25, -0.2) is 0 Å². The predicted octanol–water partition coefficient (Wildman–Crippen LogP) is 4.75. The molecule has 1 atom stereocenters. The van der Waals surface area contributed by atoms with Gasteiger partial charge in [0.05, 0.1) is 13.2 Å². The average molecular weight is 334 g/mol. The van der Waals surface area contributed by atoms with Crippen molar-refractivity contribution in [3.8, 4) is 0 Å². The molecule has 136 valence electrons. The highest BCUT2D eigenvalue weighted by Gasteiger charge is 2.47. The molecule has 3 nitrogen and oxygen atoms in total. The first-order chi connectivity index (χ1) is 11.7. The van der Waals surface area contributed by atoms with Gasteiger partial charge in [0.15, 0.2) is 5.78 Å². The number of hydrogen-bond acceptors (Lipinski definition) is 3. The van der Waals surface area contributed by atoms with Gasteiger partial charge in [0.2, 0.25) is 0 Å². The summed E-state index contributed by atoms with van der Waals surface area (Å²) in [6, 6.07) is 10.1. The topological polar surface area (TPSA) is 38.3 Å². The lowest BCUT2D eigenvalue weighted by Gasteiger charge is -2.28. The summed E-state index contributed by atoms with van der Waals surface area (Å²) < 4.78 is 5.82. The van der Waals surface area contributed by atoms with Crippen LogP contribution >= 0.6 is 0 Å². The van der Waals surface area contributed by atoms with Crippen molar-refractivity contribution in [1.29, 1.82) is 0 Å². The van der Waals surface area contributed by atoms with Crippen molar-refractivity contribution < 1.29 is 9.53 Å². The number of rotatable bonds is 6. The van der Waals surface area contributed by atoms with Crippen molar-refractivity contribution in [3.05, 3.63) is 35.9 Å². The van der Waals surface area contributed by atoms with E-state index in [4.69, 9.17) is 4.74 Å². The first kappa shape index (κ1) is 20.9. The highest BCUT2D eigenvalue weighted by Crippen LogP contribution is 2.37. The molecule has 1 saturated heterocycles. The molecule has 0 bridgehead atoms. The Bertz CT molecular complexity index is 448. The van der Waals surface area contributed by atoms with E-state index in [9.17, 15) is 4.79 Å². The van der Waals surface area contributed by atoms with Crippen molar-refractivity contribution >= 4 is 5.78 Å². The summed E-state index contributed by atoms with van der Waals surface area (Å²) in [5, 5.41) is 3.40. The van der Waals surface area contributed by atoms with E-state index >= 15 is 0 Å². The minimum atomic E-state index is -0.393. The van der Waals surface area contributed by atoms with Crippen LogP contribution in [0.5, 0.6) is 0 Å². The van der Waals surface area contributed by atoms with Crippen LogP contribution in [0.25, 0.3) is 0 Å². The molecule has 1 N–H and O–H groups in total. The number of carbonyl (C=O) groups excluding carboxylic acids is 1. The van der Waals surface area contributed by atoms with Gasteiger partial charge in [-0.2, -0.15) is 0 Å². The van der Waals surface area contributed by atoms with Crippen molar-refractivity contribution in [3.63, 3.8) is 0 Å². The van der Waals surface area contributed by atoms with E-state index in [-0.39, 0.29) is 0 Å². The monoisotopic (exact) mass is 333 g/mol. The molecule has 24 heavy (non-hydrogen) atoms. The van der Waals surface area contributed by atoms with Crippen molar-refractivity contribution in [2.45, 2.75) is 71.9 Å². The Kier molecular flexibility index (Phi) is 9.89. The van der Waals surface area contributed by atoms with Crippen LogP contribution in [0.2, 0.25) is 0 Å². The molecule has 1 unspecified atom stereocenters. The molecule has 2 aliphatic rings. The maximum Gasteiger partial charge on any atom is 0.158 e. The van der Waals surface area contributed by atoms with Crippen LogP contribution in [0, 0.1) is 5.92 Å². The highest BCUT2D eigenvalue weighted by molar-refractivity contribution is 5.92. The van der Waals surface area contributed by atoms with Gasteiger partial charge < -0.3 is 10.1 Å². The molecule has 0 amide bonds. The molecule has 2 fully saturated rings. The zero-order chi connectivity index (χ0) is 17.8. The summed E-state index contributed by atoms with van der Waals surface area (Å²) in [5.41, 5.74) is 0.769. The molecule has 1 heterocycles. The molecule has 1 aromatic carbocycles. The molecule has 1 saturated carbocycles. The van der Waals surface area contributed by atoms with Gasteiger partial charge in [-0.15, -0.1) is 0 Å². The van der Waals surface area contributed by atoms with Crippen molar-refractivity contribution in [2.75, 3.05) is 13.2 Å². The summed E-state index contributed by atoms with van der Waals surface area (Å²) in [4.78, 5) is 12.4. The second-order valence-electron chi connectivity index (χ2n) is 6.44. The molecule has 0 aromatic heterocycles. The van der Waals surface area contributed by atoms with E-state index in [1.54, 1.807) is 0 Å². The molecular formula is C21H35NO2. The van der Waals surface area contributed by atoms with Gasteiger partial charge in [-0.3, -0.25) is 4.79 Å². The normalized spacial score (nSPS) is 22.0. The van der Waals surface area contributed by atoms with Crippen LogP contribution in [0.15, 0.2) is 30.3 Å². The number of hydrogen-bond donors (Lipinski definition) is 1. The Morgan fingerprint density at radius 1 is 1.21 bits per heavy atom. The second-order valence-corrected chi connectivity index (χ2v) is 6.44. The largest absolute Gasteiger partial charge is 0.374 e. The number of carbonyl (C=O) groups is 1. The molecule has 1 aromatic rings. The third-order valence-corrected chi connectivity index (χ3v) is 4.12. The molecular weight excluding hydrogens is 298 g/mol. The summed E-state index contributed by atoms with van der Waals surface area (Å²) in [5.74, 6) is 0.684. The molecule has 0 spiro atoms. The van der Waals surface area contributed by atoms with Crippen LogP contribution in [-0.2, 0) is 16.1 Å². The van der Waals surface area contributed by atoms with E-state index in [0.717, 1.165) is 37.8 Å². The Morgan fingerprint density at radius 2 is 1.83 bits per heavy atom. The van der Waals surface area contributed by atoms with Gasteiger partial charge in [0, 0.05) is 5.92 Å². The van der Waals surface area contributed by atoms with Gasteiger partial charge in [-0.05, 0) is 37.8 Å². The Hall–Kier alpha value is -1.19. The summed E-state index contributed by atoms with van der Waals surface area (Å²) >= 11 is 0. The standard InChI is InChI=1S/C16H21NO2.C3H8.C2H6/c18-15(14-7-8-14)16(9-4-10-17-16)12-19-11-13-5-2-1-3-6-13;1-3-2;1-2/h1-3,5-6,14,17H,4,7-12H2;3H2,1-2H3;1-2H3. The lowest BCUT2D eigenvalue weighted by molar-refractivity contribution is -0.129. The van der Waals surface area contributed by atoms with Crippen molar-refractivity contribution in [2.24, 2.45) is 5.92 Å². The Morgan fingerprint density at radius 3 is 2.33 bits per heavy atom. The summed E-state index contributed by atoms with van der Waals surface area (Å²) in [6.45, 7) is 10.3. The molecule has 3 rings (SSSR count). The first-order valence-electron chi connectivity index (χ1n) is 9.63. The van der Waals surface area contributed by atoms with Crippen LogP contribution < -0.4 is 5.32 Å². The van der Waals surface area contributed by atoms with Crippen LogP contribution in [-0.4, -0.2) is 24.5 Å². The number of benzene rings is 1. The van der Waals surface area contributed by atoms with Crippen molar-refractivity contribution in [1.82, 2.24) is 5.32 Å². The maximum absolute atomic E-state index is 12.4. The van der Waals surface area contributed by atoms with Crippen LogP contribution in [0.1, 0.15) is 65.4 Å². The van der Waals surface area contributed by atoms with E-state index < -0.39 is 5.54 Å². The van der Waals surface area contributed by atoms with Gasteiger partial charge in [0.25, 0.3) is 0 Å². The molecule has 3 heteroatoms. The third-order valence-electron chi connectivity index (χ3n) is 4.12. The Balaban J connectivity index is 0.000000521. The zero-order valence-electron chi connectivity index (χ0n) is 15.9. The molecule has 1 aliphatic heterocycles. The number of nitrogens with one attached hydrogen (secondary N) is 1. The fourth-order valence-electron chi connectivity index (χ4n) is 2.86. The minimum Gasteiger partial charge on any atom is -0.374 e. The molecule has 0 radical (unpaired) electrons. The van der Waals surface area contributed by atoms with E-state index in [1.165, 1.54) is 6.42 Å². The van der Waals surface area contributed by atoms with Gasteiger partial charge in [0.1, 0.15) is 5.54 Å². The van der Waals surface area contributed by atoms with Crippen LogP contribution in [0.3, 0.4) is 0 Å². The quantitative estimate of drug-likeness (QED) is 0.816. The summed E-state index contributed by atoms with van der Waals surface area (Å²) in [7, 11) is 0. The fourth-order valence-corrected chi connectivity index (χ4v) is 2.86. The third kappa shape index (κ3) is 6.37. The highest BCUT2D eigenvalue weighted by atomic mass is 16.5. The van der Waals surface area contributed by atoms with E-state index in [2.05, 4.69) is 31.3 Å². The average Bonchev–Trinajstić information content (AvgIpc) is 3.36. The lowest BCUT2D eigenvalue weighted by Crippen LogP contribution is -2.52.